The van der Waals surface area contributed by atoms with Crippen molar-refractivity contribution in [3.63, 3.8) is 0 Å². The van der Waals surface area contributed by atoms with Crippen LogP contribution in [0.3, 0.4) is 0 Å². The summed E-state index contributed by atoms with van der Waals surface area (Å²) in [5, 5.41) is 8.54. The van der Waals surface area contributed by atoms with Gasteiger partial charge in [-0.3, -0.25) is 4.90 Å². The quantitative estimate of drug-likeness (QED) is 0.529. The highest BCUT2D eigenvalue weighted by atomic mass is 35.5. The number of hydrogen-bond donors (Lipinski definition) is 2. The summed E-state index contributed by atoms with van der Waals surface area (Å²) in [7, 11) is -3.94. The van der Waals surface area contributed by atoms with Crippen molar-refractivity contribution in [2.45, 2.75) is 44.2 Å². The molecule has 0 spiro atoms. The number of aryl methyl sites for hydroxylation is 1. The van der Waals surface area contributed by atoms with E-state index in [9.17, 15) is 8.42 Å². The van der Waals surface area contributed by atoms with E-state index in [1.165, 1.54) is 17.7 Å². The van der Waals surface area contributed by atoms with Gasteiger partial charge in [-0.05, 0) is 49.9 Å². The number of sulfonamides is 1. The van der Waals surface area contributed by atoms with Gasteiger partial charge in [-0.2, -0.15) is 4.98 Å². The van der Waals surface area contributed by atoms with E-state index >= 15 is 0 Å². The zero-order valence-corrected chi connectivity index (χ0v) is 19.7. The minimum absolute atomic E-state index is 0.0248. The number of rotatable bonds is 7. The number of likely N-dealkylation sites (tertiary alicyclic amines) is 1. The first-order valence-corrected chi connectivity index (χ1v) is 12.5. The molecule has 0 atom stereocenters. The molecular weight excluding hydrogens is 452 g/mol. The second-order valence-electron chi connectivity index (χ2n) is 8.04. The van der Waals surface area contributed by atoms with Gasteiger partial charge in [0.05, 0.1) is 11.6 Å². The van der Waals surface area contributed by atoms with E-state index in [-0.39, 0.29) is 16.0 Å². The lowest BCUT2D eigenvalue weighted by molar-refractivity contribution is 0.210. The number of nitrogens with two attached hydrogens (primary N) is 1. The Morgan fingerprint density at radius 2 is 2.03 bits per heavy atom. The monoisotopic (exact) mass is 478 g/mol. The molecule has 0 saturated carbocycles. The normalized spacial score (nSPS) is 15.9. The van der Waals surface area contributed by atoms with Gasteiger partial charge < -0.3 is 14.5 Å². The molecule has 3 aromatic rings. The molecule has 1 aliphatic rings. The van der Waals surface area contributed by atoms with Crippen LogP contribution in [0.1, 0.15) is 30.9 Å². The van der Waals surface area contributed by atoms with Crippen LogP contribution in [-0.4, -0.2) is 44.0 Å². The Hall–Kier alpha value is -2.33. The average Bonchev–Trinajstić information content (AvgIpc) is 3.12. The Kier molecular flexibility index (Phi) is 6.62. The molecule has 0 amide bonds. The third-order valence-electron chi connectivity index (χ3n) is 5.62. The molecule has 0 aliphatic carbocycles. The number of fused-ring (bicyclic) bond motifs is 1. The van der Waals surface area contributed by atoms with Gasteiger partial charge >= 0.3 is 0 Å². The summed E-state index contributed by atoms with van der Waals surface area (Å²) < 4.78 is 34.7. The Labute approximate surface area is 192 Å². The molecule has 2 heterocycles. The van der Waals surface area contributed by atoms with E-state index in [1.807, 2.05) is 6.92 Å². The van der Waals surface area contributed by atoms with Crippen molar-refractivity contribution >= 4 is 38.7 Å². The summed E-state index contributed by atoms with van der Waals surface area (Å²) in [5.41, 5.74) is 3.19. The summed E-state index contributed by atoms with van der Waals surface area (Å²) in [4.78, 5) is 6.63. The number of hydrogen-bond acceptors (Lipinski definition) is 7. The smallest absolute Gasteiger partial charge is 0.295 e. The topological polar surface area (TPSA) is 111 Å². The van der Waals surface area contributed by atoms with Gasteiger partial charge in [0.1, 0.15) is 16.2 Å². The van der Waals surface area contributed by atoms with Crippen molar-refractivity contribution in [2.75, 3.05) is 25.0 Å². The lowest BCUT2D eigenvalue weighted by Crippen LogP contribution is -2.38. The fourth-order valence-electron chi connectivity index (χ4n) is 3.93. The third kappa shape index (κ3) is 5.17. The van der Waals surface area contributed by atoms with Crippen molar-refractivity contribution in [3.05, 3.63) is 46.5 Å². The fourth-order valence-corrected chi connectivity index (χ4v) is 5.01. The Morgan fingerprint density at radius 1 is 1.28 bits per heavy atom. The van der Waals surface area contributed by atoms with Gasteiger partial charge in [0.15, 0.2) is 5.58 Å². The summed E-state index contributed by atoms with van der Waals surface area (Å²) in [5.74, 6) is 0.947. The molecule has 4 rings (SSSR count). The zero-order valence-electron chi connectivity index (χ0n) is 18.1. The Balaban J connectivity index is 1.37. The third-order valence-corrected chi connectivity index (χ3v) is 7.00. The maximum Gasteiger partial charge on any atom is 0.295 e. The van der Waals surface area contributed by atoms with E-state index < -0.39 is 10.0 Å². The van der Waals surface area contributed by atoms with Crippen molar-refractivity contribution < 1.29 is 17.6 Å². The van der Waals surface area contributed by atoms with E-state index in [0.29, 0.717) is 23.7 Å². The molecule has 1 saturated heterocycles. The summed E-state index contributed by atoms with van der Waals surface area (Å²) in [6, 6.07) is 9.71. The number of piperidine rings is 1. The number of ether oxygens (including phenoxy) is 1. The van der Waals surface area contributed by atoms with Crippen LogP contribution in [0.2, 0.25) is 5.02 Å². The van der Waals surface area contributed by atoms with Crippen molar-refractivity contribution in [1.29, 1.82) is 0 Å². The number of aromatic nitrogens is 1. The summed E-state index contributed by atoms with van der Waals surface area (Å²) >= 11 is 6.03. The maximum atomic E-state index is 11.7. The molecule has 0 bridgehead atoms. The predicted molar refractivity (Wildman–Crippen MR) is 125 cm³/mol. The minimum Gasteiger partial charge on any atom is -0.494 e. The van der Waals surface area contributed by atoms with Crippen LogP contribution in [0, 0.1) is 6.92 Å². The lowest BCUT2D eigenvalue weighted by atomic mass is 10.0. The Bertz CT molecular complexity index is 1220. The van der Waals surface area contributed by atoms with Crippen molar-refractivity contribution in [1.82, 2.24) is 9.88 Å². The van der Waals surface area contributed by atoms with E-state index in [0.717, 1.165) is 43.8 Å². The maximum absolute atomic E-state index is 11.7. The largest absolute Gasteiger partial charge is 0.494 e. The second kappa shape index (κ2) is 9.27. The van der Waals surface area contributed by atoms with Crippen molar-refractivity contribution in [2.24, 2.45) is 5.14 Å². The molecule has 8 nitrogen and oxygen atoms in total. The lowest BCUT2D eigenvalue weighted by Gasteiger charge is -2.32. The number of anilines is 1. The number of halogens is 1. The molecule has 172 valence electrons. The standard InChI is InChI=1S/C22H27ClN4O4S/c1-3-30-19-10-15(5-4-14(19)2)13-27-8-6-16(7-9-27)25-22-26-18-11-17(23)21(32(24,28)29)12-20(18)31-22/h4-5,10-12,16H,3,6-9,13H2,1-2H3,(H,25,26)(H2,24,28,29). The number of nitrogens with one attached hydrogen (secondary N) is 1. The van der Waals surface area contributed by atoms with E-state index in [2.05, 4.69) is 40.3 Å². The number of benzene rings is 2. The molecule has 0 radical (unpaired) electrons. The zero-order chi connectivity index (χ0) is 22.9. The first kappa shape index (κ1) is 22.8. The number of primary sulfonamides is 1. The SMILES string of the molecule is CCOc1cc(CN2CCC(Nc3nc4cc(Cl)c(S(N)(=O)=O)cc4o3)CC2)ccc1C. The molecule has 10 heteroatoms. The fraction of sp³-hybridized carbons (Fsp3) is 0.409. The van der Waals surface area contributed by atoms with Crippen LogP contribution >= 0.6 is 11.6 Å². The first-order valence-electron chi connectivity index (χ1n) is 10.6. The predicted octanol–water partition coefficient (Wildman–Crippen LogP) is 3.91. The van der Waals surface area contributed by atoms with Crippen LogP contribution < -0.4 is 15.2 Å². The van der Waals surface area contributed by atoms with Gasteiger partial charge in [-0.25, -0.2) is 13.6 Å². The van der Waals surface area contributed by atoms with Crippen LogP contribution in [0.15, 0.2) is 39.6 Å². The highest BCUT2D eigenvalue weighted by Gasteiger charge is 2.22. The molecule has 0 unspecified atom stereocenters. The van der Waals surface area contributed by atoms with Crippen molar-refractivity contribution in [3.8, 4) is 5.75 Å². The van der Waals surface area contributed by atoms with Gasteiger partial charge in [-0.1, -0.05) is 23.7 Å². The van der Waals surface area contributed by atoms with Crippen LogP contribution in [0.5, 0.6) is 5.75 Å². The van der Waals surface area contributed by atoms with Gasteiger partial charge in [-0.15, -0.1) is 0 Å². The van der Waals surface area contributed by atoms with Gasteiger partial charge in [0, 0.05) is 31.7 Å². The number of nitrogens with zero attached hydrogens (tertiary/aromatic N) is 2. The molecule has 1 aromatic heterocycles. The second-order valence-corrected chi connectivity index (χ2v) is 9.98. The average molecular weight is 479 g/mol. The molecule has 1 aliphatic heterocycles. The van der Waals surface area contributed by atoms with Gasteiger partial charge in [0.25, 0.3) is 6.01 Å². The van der Waals surface area contributed by atoms with Crippen LogP contribution in [-0.2, 0) is 16.6 Å². The molecule has 32 heavy (non-hydrogen) atoms. The molecule has 3 N–H and O–H groups in total. The molecule has 1 fully saturated rings. The van der Waals surface area contributed by atoms with E-state index in [1.54, 1.807) is 0 Å². The number of oxazole rings is 1. The van der Waals surface area contributed by atoms with Gasteiger partial charge in [0.2, 0.25) is 10.0 Å². The Morgan fingerprint density at radius 3 is 2.72 bits per heavy atom. The molecule has 2 aromatic carbocycles. The summed E-state index contributed by atoms with van der Waals surface area (Å²) in [6.07, 6.45) is 1.87. The van der Waals surface area contributed by atoms with Crippen LogP contribution in [0.25, 0.3) is 11.1 Å². The van der Waals surface area contributed by atoms with E-state index in [4.69, 9.17) is 25.9 Å². The van der Waals surface area contributed by atoms with Crippen LogP contribution in [0.4, 0.5) is 6.01 Å². The summed E-state index contributed by atoms with van der Waals surface area (Å²) in [6.45, 7) is 7.47. The highest BCUT2D eigenvalue weighted by molar-refractivity contribution is 7.89. The molecular formula is C22H27ClN4O4S. The highest BCUT2D eigenvalue weighted by Crippen LogP contribution is 2.29. The first-order chi connectivity index (χ1) is 15.2. The minimum atomic E-state index is -3.94.